The topological polar surface area (TPSA) is 52.6 Å². The molecule has 2 aliphatic rings. The minimum absolute atomic E-state index is 0.0928. The lowest BCUT2D eigenvalue weighted by Crippen LogP contribution is -2.33. The highest BCUT2D eigenvalue weighted by Gasteiger charge is 2.40. The van der Waals surface area contributed by atoms with Crippen LogP contribution < -0.4 is 9.47 Å². The maximum atomic E-state index is 12.2. The largest absolute Gasteiger partial charge is 0.493 e. The Kier molecular flexibility index (Phi) is 6.47. The van der Waals surface area contributed by atoms with Crippen LogP contribution >= 0.6 is 0 Å². The number of carbonyl (C=O) groups excluding carboxylic acids is 2. The molecule has 1 saturated carbocycles. The van der Waals surface area contributed by atoms with Crippen molar-refractivity contribution in [3.8, 4) is 11.5 Å². The molecule has 0 amide bonds. The molecule has 2 atom stereocenters. The fraction of sp³-hybridized carbons (Fsp3) is 0.667. The number of Topliss-reactive ketones (excluding diaryl/α,β-unsaturated/α-hetero) is 1. The molecule has 1 aliphatic heterocycles. The van der Waals surface area contributed by atoms with E-state index in [1.165, 1.54) is 26.2 Å². The van der Waals surface area contributed by atoms with E-state index in [1.807, 2.05) is 6.07 Å². The van der Waals surface area contributed by atoms with E-state index >= 15 is 0 Å². The van der Waals surface area contributed by atoms with E-state index in [0.29, 0.717) is 36.9 Å². The molecular formula is C24H34O4. The highest BCUT2D eigenvalue weighted by molar-refractivity contribution is 5.81. The van der Waals surface area contributed by atoms with E-state index in [-0.39, 0.29) is 17.3 Å². The van der Waals surface area contributed by atoms with Gasteiger partial charge in [-0.15, -0.1) is 0 Å². The Morgan fingerprint density at radius 2 is 2.04 bits per heavy atom. The molecule has 154 valence electrons. The van der Waals surface area contributed by atoms with Gasteiger partial charge in [0.15, 0.2) is 0 Å². The van der Waals surface area contributed by atoms with E-state index in [4.69, 9.17) is 9.47 Å². The van der Waals surface area contributed by atoms with Crippen molar-refractivity contribution in [3.63, 3.8) is 0 Å². The molecule has 1 aromatic rings. The molecule has 0 N–H and O–H groups in total. The van der Waals surface area contributed by atoms with Gasteiger partial charge in [0.2, 0.25) is 0 Å². The maximum Gasteiger partial charge on any atom is 0.308 e. The first-order chi connectivity index (χ1) is 13.3. The molecule has 1 heterocycles. The number of ketones is 1. The summed E-state index contributed by atoms with van der Waals surface area (Å²) in [6, 6.07) is 4.07. The van der Waals surface area contributed by atoms with E-state index in [9.17, 15) is 9.59 Å². The van der Waals surface area contributed by atoms with Crippen molar-refractivity contribution in [1.82, 2.24) is 0 Å². The number of hydrogen-bond acceptors (Lipinski definition) is 4. The molecule has 1 fully saturated rings. The third-order valence-electron chi connectivity index (χ3n) is 6.42. The number of esters is 1. The summed E-state index contributed by atoms with van der Waals surface area (Å²) in [5.41, 5.74) is 1.89. The SMILES string of the molecule is CCCCCCC(C)(C)c1ccc2c(c1OC(C)=O)[C@@H]1CC(=O)CC[C@H]1CO2. The Bertz CT molecular complexity index is 734. The molecule has 0 radical (unpaired) electrons. The van der Waals surface area contributed by atoms with Gasteiger partial charge in [-0.1, -0.05) is 52.5 Å². The second-order valence-electron chi connectivity index (χ2n) is 9.10. The van der Waals surface area contributed by atoms with Gasteiger partial charge in [0.25, 0.3) is 0 Å². The zero-order chi connectivity index (χ0) is 20.3. The van der Waals surface area contributed by atoms with Crippen LogP contribution in [0.15, 0.2) is 12.1 Å². The van der Waals surface area contributed by atoms with Crippen molar-refractivity contribution in [1.29, 1.82) is 0 Å². The zero-order valence-corrected chi connectivity index (χ0v) is 17.8. The fourth-order valence-corrected chi connectivity index (χ4v) is 4.77. The van der Waals surface area contributed by atoms with E-state index < -0.39 is 0 Å². The normalized spacial score (nSPS) is 21.5. The van der Waals surface area contributed by atoms with Crippen LogP contribution in [0.1, 0.15) is 96.1 Å². The Morgan fingerprint density at radius 1 is 1.25 bits per heavy atom. The van der Waals surface area contributed by atoms with Gasteiger partial charge in [0.1, 0.15) is 17.3 Å². The van der Waals surface area contributed by atoms with Crippen LogP contribution in [0.25, 0.3) is 0 Å². The summed E-state index contributed by atoms with van der Waals surface area (Å²) < 4.78 is 11.8. The van der Waals surface area contributed by atoms with Gasteiger partial charge >= 0.3 is 5.97 Å². The molecule has 4 nitrogen and oxygen atoms in total. The molecular weight excluding hydrogens is 352 g/mol. The van der Waals surface area contributed by atoms with E-state index in [2.05, 4.69) is 26.8 Å². The van der Waals surface area contributed by atoms with Gasteiger partial charge in [-0.25, -0.2) is 0 Å². The van der Waals surface area contributed by atoms with Crippen LogP contribution in [0.4, 0.5) is 0 Å². The molecule has 0 aromatic heterocycles. The minimum atomic E-state index is -0.319. The number of rotatable bonds is 7. The lowest BCUT2D eigenvalue weighted by molar-refractivity contribution is -0.132. The third-order valence-corrected chi connectivity index (χ3v) is 6.42. The summed E-state index contributed by atoms with van der Waals surface area (Å²) in [5.74, 6) is 1.82. The number of ether oxygens (including phenoxy) is 2. The Hall–Kier alpha value is -1.84. The van der Waals surface area contributed by atoms with Crippen LogP contribution in [-0.4, -0.2) is 18.4 Å². The molecule has 1 aliphatic carbocycles. The molecule has 4 heteroatoms. The van der Waals surface area contributed by atoms with E-state index in [0.717, 1.165) is 36.1 Å². The Balaban J connectivity index is 2.00. The predicted octanol–water partition coefficient (Wildman–Crippen LogP) is 5.71. The van der Waals surface area contributed by atoms with Gasteiger partial charge in [-0.2, -0.15) is 0 Å². The van der Waals surface area contributed by atoms with E-state index in [1.54, 1.807) is 0 Å². The van der Waals surface area contributed by atoms with Crippen LogP contribution in [0, 0.1) is 5.92 Å². The maximum absolute atomic E-state index is 12.2. The predicted molar refractivity (Wildman–Crippen MR) is 110 cm³/mol. The third kappa shape index (κ3) is 4.42. The second-order valence-corrected chi connectivity index (χ2v) is 9.10. The lowest BCUT2D eigenvalue weighted by atomic mass is 9.71. The number of benzene rings is 1. The van der Waals surface area contributed by atoms with Crippen LogP contribution in [0.5, 0.6) is 11.5 Å². The first-order valence-electron chi connectivity index (χ1n) is 10.8. The van der Waals surface area contributed by atoms with Crippen LogP contribution in [0.2, 0.25) is 0 Å². The summed E-state index contributed by atoms with van der Waals surface area (Å²) in [6.45, 7) is 8.76. The molecule has 0 saturated heterocycles. The Morgan fingerprint density at radius 3 is 2.75 bits per heavy atom. The van der Waals surface area contributed by atoms with Crippen molar-refractivity contribution in [3.05, 3.63) is 23.3 Å². The number of fused-ring (bicyclic) bond motifs is 3. The molecule has 1 aromatic carbocycles. The summed E-state index contributed by atoms with van der Waals surface area (Å²) in [5, 5.41) is 0. The standard InChI is InChI=1S/C24H34O4/c1-5-6-7-8-13-24(3,4)20-11-12-21-22(23(20)28-16(2)25)19-14-18(26)10-9-17(19)15-27-21/h11-12,17,19H,5-10,13-15H2,1-4H3/t17-,19+/m0/s1. The number of hydrogen-bond donors (Lipinski definition) is 0. The second kappa shape index (κ2) is 8.67. The van der Waals surface area contributed by atoms with Crippen molar-refractivity contribution in [2.75, 3.05) is 6.61 Å². The van der Waals surface area contributed by atoms with Gasteiger partial charge in [-0.3, -0.25) is 9.59 Å². The summed E-state index contributed by atoms with van der Waals surface area (Å²) >= 11 is 0. The first kappa shape index (κ1) is 20.9. The lowest BCUT2D eigenvalue weighted by Gasteiger charge is -2.39. The smallest absolute Gasteiger partial charge is 0.308 e. The summed E-state index contributed by atoms with van der Waals surface area (Å²) in [6.07, 6.45) is 7.87. The highest BCUT2D eigenvalue weighted by atomic mass is 16.5. The molecule has 3 rings (SSSR count). The number of unbranched alkanes of at least 4 members (excludes halogenated alkanes) is 3. The average Bonchev–Trinajstić information content (AvgIpc) is 2.64. The van der Waals surface area contributed by atoms with Crippen LogP contribution in [0.3, 0.4) is 0 Å². The van der Waals surface area contributed by atoms with Gasteiger partial charge in [0, 0.05) is 42.7 Å². The molecule has 28 heavy (non-hydrogen) atoms. The highest BCUT2D eigenvalue weighted by Crippen LogP contribution is 2.51. The zero-order valence-electron chi connectivity index (χ0n) is 17.8. The quantitative estimate of drug-likeness (QED) is 0.342. The first-order valence-corrected chi connectivity index (χ1v) is 10.8. The molecule has 0 bridgehead atoms. The molecule has 0 spiro atoms. The summed E-state index contributed by atoms with van der Waals surface area (Å²) in [4.78, 5) is 24.2. The molecule has 0 unspecified atom stereocenters. The number of carbonyl (C=O) groups is 2. The fourth-order valence-electron chi connectivity index (χ4n) is 4.77. The van der Waals surface area contributed by atoms with Crippen LogP contribution in [-0.2, 0) is 15.0 Å². The van der Waals surface area contributed by atoms with Gasteiger partial charge in [0.05, 0.1) is 6.61 Å². The van der Waals surface area contributed by atoms with Crippen molar-refractivity contribution < 1.29 is 19.1 Å². The minimum Gasteiger partial charge on any atom is -0.493 e. The van der Waals surface area contributed by atoms with Crippen molar-refractivity contribution in [2.45, 2.75) is 90.4 Å². The van der Waals surface area contributed by atoms with Crippen molar-refractivity contribution >= 4 is 11.8 Å². The Labute approximate surface area is 169 Å². The average molecular weight is 387 g/mol. The van der Waals surface area contributed by atoms with Gasteiger partial charge < -0.3 is 9.47 Å². The summed E-state index contributed by atoms with van der Waals surface area (Å²) in [7, 11) is 0. The van der Waals surface area contributed by atoms with Gasteiger partial charge in [-0.05, 0) is 24.3 Å². The monoisotopic (exact) mass is 386 g/mol. The van der Waals surface area contributed by atoms with Crippen molar-refractivity contribution in [2.24, 2.45) is 5.92 Å².